The topological polar surface area (TPSA) is 122 Å². The molecule has 36 heavy (non-hydrogen) atoms. The van der Waals surface area contributed by atoms with Crippen LogP contribution in [0, 0.1) is 0 Å². The fraction of sp³-hybridized carbons (Fsp3) is 0.320. The van der Waals surface area contributed by atoms with Crippen LogP contribution >= 0.6 is 12.2 Å². The number of nitrogen functional groups attached to an aromatic ring is 1. The third kappa shape index (κ3) is 5.86. The van der Waals surface area contributed by atoms with Gasteiger partial charge in [-0.1, -0.05) is 6.07 Å². The highest BCUT2D eigenvalue weighted by Crippen LogP contribution is 2.22. The van der Waals surface area contributed by atoms with Gasteiger partial charge in [-0.25, -0.2) is 9.97 Å². The lowest BCUT2D eigenvalue weighted by molar-refractivity contribution is 0.222. The van der Waals surface area contributed by atoms with E-state index in [1.807, 2.05) is 42.7 Å². The van der Waals surface area contributed by atoms with Crippen molar-refractivity contribution in [2.75, 3.05) is 42.5 Å². The minimum atomic E-state index is 0.352. The van der Waals surface area contributed by atoms with E-state index in [1.165, 1.54) is 0 Å². The number of imidazole rings is 1. The smallest absolute Gasteiger partial charge is 0.205 e. The van der Waals surface area contributed by atoms with Crippen LogP contribution in [0.25, 0.3) is 11.2 Å². The highest BCUT2D eigenvalue weighted by atomic mass is 32.1. The zero-order chi connectivity index (χ0) is 24.7. The van der Waals surface area contributed by atoms with Crippen molar-refractivity contribution in [3.8, 4) is 0 Å². The minimum absolute atomic E-state index is 0.352. The summed E-state index contributed by atoms with van der Waals surface area (Å²) in [4.78, 5) is 20.4. The van der Waals surface area contributed by atoms with Gasteiger partial charge >= 0.3 is 0 Å². The van der Waals surface area contributed by atoms with Gasteiger partial charge in [-0.2, -0.15) is 0 Å². The molecule has 11 heteroatoms. The second-order valence-corrected chi connectivity index (χ2v) is 9.20. The number of pyridine rings is 3. The van der Waals surface area contributed by atoms with E-state index in [0.717, 1.165) is 61.8 Å². The number of aromatic nitrogens is 5. The van der Waals surface area contributed by atoms with Crippen LogP contribution in [0.5, 0.6) is 0 Å². The summed E-state index contributed by atoms with van der Waals surface area (Å²) in [5.74, 6) is 0.848. The first-order valence-electron chi connectivity index (χ1n) is 12.1. The zero-order valence-electron chi connectivity index (χ0n) is 20.0. The van der Waals surface area contributed by atoms with Crippen LogP contribution in [0.1, 0.15) is 18.5 Å². The summed E-state index contributed by atoms with van der Waals surface area (Å²) < 4.78 is 2.12. The average Bonchev–Trinajstić information content (AvgIpc) is 3.24. The molecule has 0 unspecified atom stereocenters. The Morgan fingerprint density at radius 2 is 1.92 bits per heavy atom. The molecule has 4 aromatic heterocycles. The first kappa shape index (κ1) is 23.9. The Hall–Kier alpha value is -3.83. The number of likely N-dealkylation sites (tertiary alicyclic amines) is 1. The third-order valence-electron chi connectivity index (χ3n) is 6.29. The van der Waals surface area contributed by atoms with Gasteiger partial charge in [0, 0.05) is 50.8 Å². The molecular formula is C25H30N10S. The molecule has 0 spiro atoms. The lowest BCUT2D eigenvalue weighted by Crippen LogP contribution is -2.43. The molecule has 1 aliphatic rings. The van der Waals surface area contributed by atoms with Gasteiger partial charge in [0.05, 0.1) is 29.8 Å². The molecule has 0 saturated carbocycles. The fourth-order valence-corrected chi connectivity index (χ4v) is 4.57. The Bertz CT molecular complexity index is 1300. The molecule has 0 aliphatic carbocycles. The quantitative estimate of drug-likeness (QED) is 0.268. The summed E-state index contributed by atoms with van der Waals surface area (Å²) in [6.07, 6.45) is 9.02. The van der Waals surface area contributed by atoms with Crippen molar-refractivity contribution < 1.29 is 0 Å². The first-order chi connectivity index (χ1) is 17.7. The van der Waals surface area contributed by atoms with E-state index >= 15 is 0 Å². The van der Waals surface area contributed by atoms with Crippen LogP contribution in [0.2, 0.25) is 0 Å². The Balaban J connectivity index is 1.12. The second-order valence-electron chi connectivity index (χ2n) is 8.79. The Labute approximate surface area is 215 Å². The van der Waals surface area contributed by atoms with Gasteiger partial charge in [-0.05, 0) is 55.4 Å². The maximum absolute atomic E-state index is 5.94. The Kier molecular flexibility index (Phi) is 7.48. The van der Waals surface area contributed by atoms with E-state index in [0.29, 0.717) is 29.1 Å². The SMILES string of the molecule is Nc1ccncc1NC(=S)NCCN1CCC(Nc2nc3cccnc3n2Cc2ccccn2)CC1. The average molecular weight is 503 g/mol. The minimum Gasteiger partial charge on any atom is -0.397 e. The molecule has 5 rings (SSSR count). The van der Waals surface area contributed by atoms with Crippen LogP contribution in [0.4, 0.5) is 17.3 Å². The number of fused-ring (bicyclic) bond motifs is 1. The predicted octanol–water partition coefficient (Wildman–Crippen LogP) is 2.71. The molecule has 1 saturated heterocycles. The van der Waals surface area contributed by atoms with Crippen LogP contribution < -0.4 is 21.7 Å². The lowest BCUT2D eigenvalue weighted by atomic mass is 10.1. The number of rotatable bonds is 8. The molecule has 0 bridgehead atoms. The van der Waals surface area contributed by atoms with Crippen molar-refractivity contribution in [1.82, 2.24) is 34.7 Å². The summed E-state index contributed by atoms with van der Waals surface area (Å²) in [6.45, 7) is 4.32. The number of nitrogens with zero attached hydrogens (tertiary/aromatic N) is 6. The van der Waals surface area contributed by atoms with Gasteiger partial charge < -0.3 is 26.6 Å². The van der Waals surface area contributed by atoms with Crippen molar-refractivity contribution in [2.45, 2.75) is 25.4 Å². The third-order valence-corrected chi connectivity index (χ3v) is 6.53. The normalized spacial score (nSPS) is 14.6. The number of hydrogen-bond donors (Lipinski definition) is 4. The van der Waals surface area contributed by atoms with Crippen molar-refractivity contribution in [3.05, 3.63) is 66.9 Å². The van der Waals surface area contributed by atoms with Gasteiger partial charge in [0.2, 0.25) is 5.95 Å². The molecule has 10 nitrogen and oxygen atoms in total. The molecular weight excluding hydrogens is 472 g/mol. The fourth-order valence-electron chi connectivity index (χ4n) is 4.36. The molecule has 186 valence electrons. The molecule has 1 aliphatic heterocycles. The largest absolute Gasteiger partial charge is 0.397 e. The number of hydrogen-bond acceptors (Lipinski definition) is 8. The number of nitrogens with one attached hydrogen (secondary N) is 3. The van der Waals surface area contributed by atoms with E-state index in [1.54, 1.807) is 18.5 Å². The van der Waals surface area contributed by atoms with E-state index in [-0.39, 0.29) is 0 Å². The molecule has 0 atom stereocenters. The summed E-state index contributed by atoms with van der Waals surface area (Å²) >= 11 is 5.39. The van der Waals surface area contributed by atoms with Gasteiger partial charge in [-0.15, -0.1) is 0 Å². The maximum atomic E-state index is 5.94. The highest BCUT2D eigenvalue weighted by Gasteiger charge is 2.22. The molecule has 0 amide bonds. The van der Waals surface area contributed by atoms with Gasteiger partial charge in [-0.3, -0.25) is 14.5 Å². The standard InChI is InChI=1S/C25H30N10S/c26-20-6-11-27-16-22(20)33-25(36)30-12-15-34-13-7-18(8-14-34)31-24-32-21-5-3-10-29-23(21)35(24)17-19-4-1-2-9-28-19/h1-6,9-11,16,18H,7-8,12-15,17H2,(H2,26,27)(H,31,32)(H2,30,33,36). The van der Waals surface area contributed by atoms with Crippen molar-refractivity contribution >= 4 is 45.8 Å². The number of anilines is 3. The molecule has 0 aromatic carbocycles. The van der Waals surface area contributed by atoms with E-state index in [9.17, 15) is 0 Å². The zero-order valence-corrected chi connectivity index (χ0v) is 20.8. The molecule has 0 radical (unpaired) electrons. The van der Waals surface area contributed by atoms with Crippen LogP contribution in [-0.2, 0) is 6.54 Å². The van der Waals surface area contributed by atoms with Crippen molar-refractivity contribution in [1.29, 1.82) is 0 Å². The van der Waals surface area contributed by atoms with E-state index < -0.39 is 0 Å². The molecule has 5 N–H and O–H groups in total. The number of thiocarbonyl (C=S) groups is 1. The van der Waals surface area contributed by atoms with Crippen LogP contribution in [-0.4, -0.2) is 66.7 Å². The monoisotopic (exact) mass is 502 g/mol. The summed E-state index contributed by atoms with van der Waals surface area (Å²) in [5, 5.41) is 10.6. The van der Waals surface area contributed by atoms with Gasteiger partial charge in [0.25, 0.3) is 0 Å². The Morgan fingerprint density at radius 3 is 2.72 bits per heavy atom. The van der Waals surface area contributed by atoms with Gasteiger partial charge in [0.1, 0.15) is 5.52 Å². The number of nitrogens with two attached hydrogens (primary N) is 1. The van der Waals surface area contributed by atoms with Crippen molar-refractivity contribution in [2.24, 2.45) is 0 Å². The van der Waals surface area contributed by atoms with Crippen molar-refractivity contribution in [3.63, 3.8) is 0 Å². The highest BCUT2D eigenvalue weighted by molar-refractivity contribution is 7.80. The number of piperidine rings is 1. The summed E-state index contributed by atoms with van der Waals surface area (Å²) in [5.41, 5.74) is 10.0. The molecule has 5 heterocycles. The summed E-state index contributed by atoms with van der Waals surface area (Å²) in [6, 6.07) is 12.0. The molecule has 1 fully saturated rings. The summed E-state index contributed by atoms with van der Waals surface area (Å²) in [7, 11) is 0. The molecule has 4 aromatic rings. The van der Waals surface area contributed by atoms with E-state index in [4.69, 9.17) is 22.9 Å². The first-order valence-corrected chi connectivity index (χ1v) is 12.5. The predicted molar refractivity (Wildman–Crippen MR) is 147 cm³/mol. The van der Waals surface area contributed by atoms with Crippen LogP contribution in [0.3, 0.4) is 0 Å². The second kappa shape index (κ2) is 11.3. The lowest BCUT2D eigenvalue weighted by Gasteiger charge is -2.32. The maximum Gasteiger partial charge on any atom is 0.205 e. The Morgan fingerprint density at radius 1 is 1.06 bits per heavy atom. The van der Waals surface area contributed by atoms with E-state index in [2.05, 4.69) is 40.4 Å². The van der Waals surface area contributed by atoms with Gasteiger partial charge in [0.15, 0.2) is 10.8 Å². The van der Waals surface area contributed by atoms with Crippen LogP contribution in [0.15, 0.2) is 61.2 Å².